The van der Waals surface area contributed by atoms with Crippen LogP contribution in [0.4, 0.5) is 0 Å². The molecule has 0 bridgehead atoms. The molecule has 0 saturated carbocycles. The lowest BCUT2D eigenvalue weighted by Crippen LogP contribution is -2.29. The van der Waals surface area contributed by atoms with Gasteiger partial charge in [0.2, 0.25) is 5.88 Å². The summed E-state index contributed by atoms with van der Waals surface area (Å²) in [6.45, 7) is 4.67. The first-order valence-electron chi connectivity index (χ1n) is 9.49. The molecule has 27 heavy (non-hydrogen) atoms. The molecule has 1 N–H and O–H groups in total. The quantitative estimate of drug-likeness (QED) is 0.721. The topological polar surface area (TPSA) is 63.3 Å². The maximum absolute atomic E-state index is 5.42. The minimum absolute atomic E-state index is 0.303. The number of rotatable bonds is 6. The van der Waals surface area contributed by atoms with E-state index in [-0.39, 0.29) is 0 Å². The third-order valence-corrected chi connectivity index (χ3v) is 5.45. The van der Waals surface area contributed by atoms with Crippen molar-refractivity contribution in [1.82, 2.24) is 19.9 Å². The van der Waals surface area contributed by atoms with Gasteiger partial charge in [-0.05, 0) is 50.1 Å². The largest absolute Gasteiger partial charge is 0.480 e. The average Bonchev–Trinajstić information content (AvgIpc) is 3.30. The number of fused-ring (bicyclic) bond motifs is 1. The van der Waals surface area contributed by atoms with Crippen molar-refractivity contribution in [3.63, 3.8) is 0 Å². The van der Waals surface area contributed by atoms with Crippen LogP contribution in [-0.4, -0.2) is 53.2 Å². The van der Waals surface area contributed by atoms with Crippen LogP contribution in [0.15, 0.2) is 30.5 Å². The zero-order valence-electron chi connectivity index (χ0n) is 16.2. The molecule has 1 atom stereocenters. The highest BCUT2D eigenvalue weighted by molar-refractivity contribution is 5.86. The summed E-state index contributed by atoms with van der Waals surface area (Å²) in [5, 5.41) is 1.19. The number of ether oxygens (including phenoxy) is 2. The van der Waals surface area contributed by atoms with Gasteiger partial charge in [-0.15, -0.1) is 0 Å². The number of aromatic nitrogens is 3. The lowest BCUT2D eigenvalue weighted by Gasteiger charge is -2.20. The number of hydrogen-bond acceptors (Lipinski definition) is 5. The molecule has 3 heterocycles. The van der Waals surface area contributed by atoms with Gasteiger partial charge in [0, 0.05) is 41.8 Å². The van der Waals surface area contributed by atoms with Gasteiger partial charge >= 0.3 is 6.01 Å². The minimum Gasteiger partial charge on any atom is -0.480 e. The van der Waals surface area contributed by atoms with E-state index in [9.17, 15) is 0 Å². The molecule has 1 fully saturated rings. The molecule has 0 aliphatic carbocycles. The van der Waals surface area contributed by atoms with E-state index < -0.39 is 0 Å². The van der Waals surface area contributed by atoms with Crippen molar-refractivity contribution in [2.45, 2.75) is 32.2 Å². The van der Waals surface area contributed by atoms with Crippen molar-refractivity contribution in [2.24, 2.45) is 0 Å². The van der Waals surface area contributed by atoms with Crippen LogP contribution < -0.4 is 9.47 Å². The lowest BCUT2D eigenvalue weighted by atomic mass is 10.1. The first-order valence-corrected chi connectivity index (χ1v) is 9.49. The molecule has 4 rings (SSSR count). The minimum atomic E-state index is 0.303. The molecule has 1 saturated heterocycles. The van der Waals surface area contributed by atoms with Crippen LogP contribution in [0.1, 0.15) is 25.5 Å². The van der Waals surface area contributed by atoms with Gasteiger partial charge in [0.15, 0.2) is 0 Å². The standard InChI is InChI=1S/C21H26N4O2/c1-14-5-4-9-25(14)10-8-17-12-16-11-15(6-7-19(16)23-17)18-13-22-21(27-3)24-20(18)26-2/h6-7,11-14,23H,4-5,8-10H2,1-3H3/t14-/m1/s1. The third-order valence-electron chi connectivity index (χ3n) is 5.45. The fourth-order valence-corrected chi connectivity index (χ4v) is 3.89. The Kier molecular flexibility index (Phi) is 4.99. The molecule has 3 aromatic rings. The SMILES string of the molecule is COc1ncc(-c2ccc3[nH]c(CCN4CCC[C@H]4C)cc3c2)c(OC)n1. The normalized spacial score (nSPS) is 17.5. The second-order valence-corrected chi connectivity index (χ2v) is 7.15. The number of nitrogens with one attached hydrogen (secondary N) is 1. The van der Waals surface area contributed by atoms with Gasteiger partial charge in [0.05, 0.1) is 19.8 Å². The summed E-state index contributed by atoms with van der Waals surface area (Å²) in [4.78, 5) is 14.6. The molecule has 0 amide bonds. The number of hydrogen-bond donors (Lipinski definition) is 1. The highest BCUT2D eigenvalue weighted by Gasteiger charge is 2.19. The van der Waals surface area contributed by atoms with Crippen molar-refractivity contribution in [3.8, 4) is 23.0 Å². The van der Waals surface area contributed by atoms with Gasteiger partial charge in [-0.3, -0.25) is 0 Å². The van der Waals surface area contributed by atoms with Crippen LogP contribution >= 0.6 is 0 Å². The summed E-state index contributed by atoms with van der Waals surface area (Å²) in [5.41, 5.74) is 4.31. The molecule has 1 aliphatic rings. The van der Waals surface area contributed by atoms with E-state index >= 15 is 0 Å². The third kappa shape index (κ3) is 3.62. The van der Waals surface area contributed by atoms with Crippen LogP contribution in [-0.2, 0) is 6.42 Å². The first kappa shape index (κ1) is 17.8. The summed E-state index contributed by atoms with van der Waals surface area (Å²) in [6.07, 6.45) is 5.43. The van der Waals surface area contributed by atoms with Gasteiger partial charge in [0.25, 0.3) is 0 Å². The van der Waals surface area contributed by atoms with E-state index in [1.807, 2.05) is 0 Å². The van der Waals surface area contributed by atoms with E-state index in [1.165, 1.54) is 30.5 Å². The zero-order chi connectivity index (χ0) is 18.8. The maximum Gasteiger partial charge on any atom is 0.319 e. The second kappa shape index (κ2) is 7.56. The summed E-state index contributed by atoms with van der Waals surface area (Å²) >= 11 is 0. The Labute approximate surface area is 159 Å². The molecule has 0 unspecified atom stereocenters. The zero-order valence-corrected chi connectivity index (χ0v) is 16.2. The fourth-order valence-electron chi connectivity index (χ4n) is 3.89. The van der Waals surface area contributed by atoms with Crippen LogP contribution in [0, 0.1) is 0 Å². The molecule has 2 aromatic heterocycles. The monoisotopic (exact) mass is 366 g/mol. The molecule has 1 aliphatic heterocycles. The van der Waals surface area contributed by atoms with Crippen molar-refractivity contribution in [1.29, 1.82) is 0 Å². The van der Waals surface area contributed by atoms with E-state index in [0.717, 1.165) is 29.6 Å². The van der Waals surface area contributed by atoms with E-state index in [0.29, 0.717) is 17.9 Å². The highest BCUT2D eigenvalue weighted by Crippen LogP contribution is 2.31. The number of H-pyrrole nitrogens is 1. The molecule has 0 spiro atoms. The van der Waals surface area contributed by atoms with Gasteiger partial charge in [0.1, 0.15) is 0 Å². The number of benzene rings is 1. The van der Waals surface area contributed by atoms with Gasteiger partial charge in [-0.25, -0.2) is 4.98 Å². The summed E-state index contributed by atoms with van der Waals surface area (Å²) in [5.74, 6) is 0.514. The molecular formula is C21H26N4O2. The first-order chi connectivity index (χ1) is 13.2. The van der Waals surface area contributed by atoms with Crippen molar-refractivity contribution in [2.75, 3.05) is 27.3 Å². The Hall–Kier alpha value is -2.60. The molecule has 0 radical (unpaired) electrons. The number of likely N-dealkylation sites (tertiary alicyclic amines) is 1. The van der Waals surface area contributed by atoms with Crippen molar-refractivity contribution in [3.05, 3.63) is 36.2 Å². The Morgan fingerprint density at radius 3 is 2.85 bits per heavy atom. The Bertz CT molecular complexity index is 937. The molecular weight excluding hydrogens is 340 g/mol. The Morgan fingerprint density at radius 1 is 1.22 bits per heavy atom. The number of methoxy groups -OCH3 is 2. The number of nitrogens with zero attached hydrogens (tertiary/aromatic N) is 3. The summed E-state index contributed by atoms with van der Waals surface area (Å²) < 4.78 is 10.5. The lowest BCUT2D eigenvalue weighted by molar-refractivity contribution is 0.271. The van der Waals surface area contributed by atoms with Crippen LogP contribution in [0.5, 0.6) is 11.9 Å². The van der Waals surface area contributed by atoms with Crippen molar-refractivity contribution < 1.29 is 9.47 Å². The highest BCUT2D eigenvalue weighted by atomic mass is 16.5. The number of aromatic amines is 1. The predicted molar refractivity (Wildman–Crippen MR) is 106 cm³/mol. The average molecular weight is 366 g/mol. The molecule has 6 nitrogen and oxygen atoms in total. The van der Waals surface area contributed by atoms with E-state index in [4.69, 9.17) is 9.47 Å². The van der Waals surface area contributed by atoms with Gasteiger partial charge in [-0.1, -0.05) is 6.07 Å². The van der Waals surface area contributed by atoms with Gasteiger partial charge in [-0.2, -0.15) is 4.98 Å². The summed E-state index contributed by atoms with van der Waals surface area (Å²) in [7, 11) is 3.16. The fraction of sp³-hybridized carbons (Fsp3) is 0.429. The smallest absolute Gasteiger partial charge is 0.319 e. The van der Waals surface area contributed by atoms with Crippen LogP contribution in [0.2, 0.25) is 0 Å². The van der Waals surface area contributed by atoms with Crippen LogP contribution in [0.25, 0.3) is 22.0 Å². The predicted octanol–water partition coefficient (Wildman–Crippen LogP) is 3.67. The van der Waals surface area contributed by atoms with E-state index in [1.54, 1.807) is 20.4 Å². The molecule has 1 aromatic carbocycles. The van der Waals surface area contributed by atoms with Crippen molar-refractivity contribution >= 4 is 10.9 Å². The Morgan fingerprint density at radius 2 is 2.11 bits per heavy atom. The van der Waals surface area contributed by atoms with Crippen LogP contribution in [0.3, 0.4) is 0 Å². The summed E-state index contributed by atoms with van der Waals surface area (Å²) in [6, 6.07) is 9.59. The van der Waals surface area contributed by atoms with E-state index in [2.05, 4.69) is 51.0 Å². The molecule has 6 heteroatoms. The second-order valence-electron chi connectivity index (χ2n) is 7.15. The Balaban J connectivity index is 1.57. The maximum atomic E-state index is 5.42. The molecule has 142 valence electrons. The van der Waals surface area contributed by atoms with Gasteiger partial charge < -0.3 is 19.4 Å².